The molecule has 0 aliphatic rings. The molecule has 0 bridgehead atoms. The largest absolute Gasteiger partial charge is 0.346 e. The Labute approximate surface area is 117 Å². The lowest BCUT2D eigenvalue weighted by molar-refractivity contribution is -0.126. The molecule has 0 aromatic heterocycles. The van der Waals surface area contributed by atoms with Gasteiger partial charge in [-0.25, -0.2) is 4.39 Å². The van der Waals surface area contributed by atoms with Gasteiger partial charge in [-0.15, -0.1) is 0 Å². The summed E-state index contributed by atoms with van der Waals surface area (Å²) in [6.45, 7) is 3.51. The molecule has 0 spiro atoms. The molecule has 0 heterocycles. The smallest absolute Gasteiger partial charge is 0.246 e. The van der Waals surface area contributed by atoms with Crippen LogP contribution in [0.2, 0.25) is 0 Å². The van der Waals surface area contributed by atoms with Crippen molar-refractivity contribution in [3.8, 4) is 0 Å². The van der Waals surface area contributed by atoms with Gasteiger partial charge < -0.3 is 16.0 Å². The Kier molecular flexibility index (Phi) is 5.64. The molecule has 110 valence electrons. The van der Waals surface area contributed by atoms with Crippen LogP contribution in [0, 0.1) is 11.7 Å². The van der Waals surface area contributed by atoms with Gasteiger partial charge >= 0.3 is 0 Å². The lowest BCUT2D eigenvalue weighted by Gasteiger charge is -2.19. The number of likely N-dealkylation sites (N-methyl/N-ethyl adjacent to an activating group) is 1. The summed E-state index contributed by atoms with van der Waals surface area (Å²) < 4.78 is 12.8. The summed E-state index contributed by atoms with van der Waals surface area (Å²) in [6.07, 6.45) is 0. The Balaban J connectivity index is 2.54. The molecule has 0 aliphatic carbocycles. The first kappa shape index (κ1) is 16.1. The third-order valence-electron chi connectivity index (χ3n) is 3.02. The third-order valence-corrected chi connectivity index (χ3v) is 3.02. The Morgan fingerprint density at radius 1 is 1.30 bits per heavy atom. The average molecular weight is 281 g/mol. The second-order valence-corrected chi connectivity index (χ2v) is 4.92. The van der Waals surface area contributed by atoms with E-state index < -0.39 is 6.04 Å². The minimum Gasteiger partial charge on any atom is -0.346 e. The highest BCUT2D eigenvalue weighted by atomic mass is 19.1. The number of carbonyl (C=O) groups excluding carboxylic acids is 2. The van der Waals surface area contributed by atoms with Gasteiger partial charge in [0, 0.05) is 12.7 Å². The number of hydrogen-bond acceptors (Lipinski definition) is 3. The molecule has 20 heavy (non-hydrogen) atoms. The molecule has 1 aromatic carbocycles. The second-order valence-electron chi connectivity index (χ2n) is 4.92. The Morgan fingerprint density at radius 2 is 1.85 bits per heavy atom. The number of halogens is 1. The summed E-state index contributed by atoms with van der Waals surface area (Å²) in [7, 11) is 1.56. The van der Waals surface area contributed by atoms with Crippen LogP contribution in [0.5, 0.6) is 0 Å². The zero-order chi connectivity index (χ0) is 15.3. The van der Waals surface area contributed by atoms with Gasteiger partial charge in [0.15, 0.2) is 0 Å². The van der Waals surface area contributed by atoms with Crippen molar-refractivity contribution in [1.82, 2.24) is 5.32 Å². The number of nitrogens with two attached hydrogens (primary N) is 1. The predicted octanol–water partition coefficient (Wildman–Crippen LogP) is 0.888. The molecular weight excluding hydrogens is 261 g/mol. The first-order valence-electron chi connectivity index (χ1n) is 6.38. The maximum atomic E-state index is 12.8. The van der Waals surface area contributed by atoms with E-state index in [2.05, 4.69) is 5.32 Å². The van der Waals surface area contributed by atoms with E-state index >= 15 is 0 Å². The third kappa shape index (κ3) is 4.31. The van der Waals surface area contributed by atoms with Crippen LogP contribution < -0.4 is 16.0 Å². The van der Waals surface area contributed by atoms with Gasteiger partial charge in [-0.1, -0.05) is 13.8 Å². The molecule has 1 atom stereocenters. The van der Waals surface area contributed by atoms with Crippen molar-refractivity contribution < 1.29 is 14.0 Å². The van der Waals surface area contributed by atoms with E-state index in [9.17, 15) is 14.0 Å². The van der Waals surface area contributed by atoms with Crippen molar-refractivity contribution in [2.24, 2.45) is 11.7 Å². The number of anilines is 1. The van der Waals surface area contributed by atoms with E-state index in [-0.39, 0.29) is 30.1 Å². The number of benzene rings is 1. The molecular formula is C14H20FN3O2. The van der Waals surface area contributed by atoms with Crippen LogP contribution in [0.15, 0.2) is 24.3 Å². The summed E-state index contributed by atoms with van der Waals surface area (Å²) >= 11 is 0. The van der Waals surface area contributed by atoms with E-state index in [1.807, 2.05) is 13.8 Å². The van der Waals surface area contributed by atoms with Gasteiger partial charge in [0.1, 0.15) is 5.82 Å². The highest BCUT2D eigenvalue weighted by Gasteiger charge is 2.19. The Morgan fingerprint density at radius 3 is 2.35 bits per heavy atom. The van der Waals surface area contributed by atoms with Crippen LogP contribution in [-0.4, -0.2) is 31.4 Å². The van der Waals surface area contributed by atoms with Gasteiger partial charge in [0.05, 0.1) is 12.6 Å². The van der Waals surface area contributed by atoms with E-state index in [4.69, 9.17) is 5.73 Å². The number of hydrogen-bond donors (Lipinski definition) is 2. The zero-order valence-corrected chi connectivity index (χ0v) is 11.9. The van der Waals surface area contributed by atoms with E-state index in [0.29, 0.717) is 5.69 Å². The fourth-order valence-corrected chi connectivity index (χ4v) is 1.51. The Bertz CT molecular complexity index is 474. The molecule has 0 saturated heterocycles. The Hall–Kier alpha value is -1.95. The summed E-state index contributed by atoms with van der Waals surface area (Å²) in [5.74, 6) is -1.03. The van der Waals surface area contributed by atoms with Crippen LogP contribution in [0.4, 0.5) is 10.1 Å². The van der Waals surface area contributed by atoms with E-state index in [0.717, 1.165) is 0 Å². The maximum absolute atomic E-state index is 12.8. The normalized spacial score (nSPS) is 12.1. The molecule has 1 aromatic rings. The quantitative estimate of drug-likeness (QED) is 0.841. The van der Waals surface area contributed by atoms with E-state index in [1.165, 1.54) is 29.2 Å². The number of amides is 2. The zero-order valence-electron chi connectivity index (χ0n) is 11.9. The van der Waals surface area contributed by atoms with Gasteiger partial charge in [0.25, 0.3) is 0 Å². The molecule has 0 aliphatic heterocycles. The topological polar surface area (TPSA) is 75.4 Å². The van der Waals surface area contributed by atoms with Gasteiger partial charge in [-0.05, 0) is 30.2 Å². The van der Waals surface area contributed by atoms with Crippen LogP contribution >= 0.6 is 0 Å². The SMILES string of the molecule is CC(C)[C@H](N)C(=O)NCC(=O)N(C)c1ccc(F)cc1. The fourth-order valence-electron chi connectivity index (χ4n) is 1.51. The van der Waals surface area contributed by atoms with Crippen molar-refractivity contribution in [2.45, 2.75) is 19.9 Å². The predicted molar refractivity (Wildman–Crippen MR) is 75.6 cm³/mol. The van der Waals surface area contributed by atoms with Crippen LogP contribution in [0.1, 0.15) is 13.8 Å². The molecule has 0 unspecified atom stereocenters. The number of nitrogens with zero attached hydrogens (tertiary/aromatic N) is 1. The van der Waals surface area contributed by atoms with Crippen molar-refractivity contribution in [2.75, 3.05) is 18.5 Å². The molecule has 5 nitrogen and oxygen atoms in total. The van der Waals surface area contributed by atoms with Gasteiger partial charge in [0.2, 0.25) is 11.8 Å². The first-order valence-corrected chi connectivity index (χ1v) is 6.38. The van der Waals surface area contributed by atoms with Gasteiger partial charge in [-0.3, -0.25) is 9.59 Å². The maximum Gasteiger partial charge on any atom is 0.246 e. The minimum absolute atomic E-state index is 0.0000646. The minimum atomic E-state index is -0.640. The lowest BCUT2D eigenvalue weighted by Crippen LogP contribution is -2.47. The summed E-state index contributed by atoms with van der Waals surface area (Å²) in [5.41, 5.74) is 6.23. The van der Waals surface area contributed by atoms with Crippen molar-refractivity contribution in [3.63, 3.8) is 0 Å². The standard InChI is InChI=1S/C14H20FN3O2/c1-9(2)13(16)14(20)17-8-12(19)18(3)11-6-4-10(15)5-7-11/h4-7,9,13H,8,16H2,1-3H3,(H,17,20)/t13-/m0/s1. The van der Waals surface area contributed by atoms with Gasteiger partial charge in [-0.2, -0.15) is 0 Å². The van der Waals surface area contributed by atoms with Crippen molar-refractivity contribution in [1.29, 1.82) is 0 Å². The molecule has 3 N–H and O–H groups in total. The molecule has 2 amide bonds. The van der Waals surface area contributed by atoms with Crippen molar-refractivity contribution >= 4 is 17.5 Å². The molecule has 1 rings (SSSR count). The molecule has 0 fully saturated rings. The number of carbonyl (C=O) groups is 2. The lowest BCUT2D eigenvalue weighted by atomic mass is 10.1. The monoisotopic (exact) mass is 281 g/mol. The van der Waals surface area contributed by atoms with Crippen molar-refractivity contribution in [3.05, 3.63) is 30.1 Å². The van der Waals surface area contributed by atoms with Crippen LogP contribution in [0.25, 0.3) is 0 Å². The summed E-state index contributed by atoms with van der Waals surface area (Å²) in [6, 6.07) is 4.89. The highest BCUT2D eigenvalue weighted by Crippen LogP contribution is 2.12. The summed E-state index contributed by atoms with van der Waals surface area (Å²) in [5, 5.41) is 2.50. The summed E-state index contributed by atoms with van der Waals surface area (Å²) in [4.78, 5) is 24.9. The second kappa shape index (κ2) is 7.00. The number of nitrogens with one attached hydrogen (secondary N) is 1. The number of rotatable bonds is 5. The van der Waals surface area contributed by atoms with Crippen LogP contribution in [0.3, 0.4) is 0 Å². The molecule has 0 saturated carbocycles. The first-order chi connectivity index (χ1) is 9.32. The fraction of sp³-hybridized carbons (Fsp3) is 0.429. The van der Waals surface area contributed by atoms with E-state index in [1.54, 1.807) is 7.05 Å². The average Bonchev–Trinajstić information content (AvgIpc) is 2.43. The molecule has 6 heteroatoms. The highest BCUT2D eigenvalue weighted by molar-refractivity contribution is 5.96. The molecule has 0 radical (unpaired) electrons. The van der Waals surface area contributed by atoms with Crippen LogP contribution in [-0.2, 0) is 9.59 Å².